The van der Waals surface area contributed by atoms with E-state index in [0.717, 1.165) is 25.1 Å². The summed E-state index contributed by atoms with van der Waals surface area (Å²) < 4.78 is 0. The van der Waals surface area contributed by atoms with Crippen LogP contribution >= 0.6 is 0 Å². The second-order valence-electron chi connectivity index (χ2n) is 5.00. The Morgan fingerprint density at radius 2 is 1.65 bits per heavy atom. The van der Waals surface area contributed by atoms with Gasteiger partial charge in [-0.3, -0.25) is 0 Å². The molecule has 2 aromatic carbocycles. The standard InChI is InChI=1S/C17H23N3/c18-12-4-7-17(19)15-8-10-16(11-9-15)20-13-14-5-2-1-3-6-14/h1-3,5-6,8-11,17,20H,4,7,12-13,18-19H2/t17-/m0/s1. The van der Waals surface area contributed by atoms with E-state index >= 15 is 0 Å². The van der Waals surface area contributed by atoms with E-state index in [1.807, 2.05) is 6.07 Å². The van der Waals surface area contributed by atoms with Crippen LogP contribution in [0.3, 0.4) is 0 Å². The first kappa shape index (κ1) is 14.6. The van der Waals surface area contributed by atoms with Crippen molar-refractivity contribution in [1.29, 1.82) is 0 Å². The van der Waals surface area contributed by atoms with Crippen LogP contribution in [0.5, 0.6) is 0 Å². The Morgan fingerprint density at radius 1 is 0.950 bits per heavy atom. The first-order valence-corrected chi connectivity index (χ1v) is 7.13. The fourth-order valence-corrected chi connectivity index (χ4v) is 2.15. The lowest BCUT2D eigenvalue weighted by Crippen LogP contribution is -2.12. The molecule has 1 atom stereocenters. The van der Waals surface area contributed by atoms with E-state index in [0.29, 0.717) is 6.54 Å². The van der Waals surface area contributed by atoms with Crippen LogP contribution in [0, 0.1) is 0 Å². The van der Waals surface area contributed by atoms with Crippen LogP contribution in [-0.2, 0) is 6.54 Å². The fourth-order valence-electron chi connectivity index (χ4n) is 2.15. The predicted molar refractivity (Wildman–Crippen MR) is 85.4 cm³/mol. The van der Waals surface area contributed by atoms with Crippen molar-refractivity contribution in [3.05, 3.63) is 65.7 Å². The predicted octanol–water partition coefficient (Wildman–Crippen LogP) is 3.04. The Labute approximate surface area is 121 Å². The minimum atomic E-state index is 0.0849. The van der Waals surface area contributed by atoms with Crippen LogP contribution in [-0.4, -0.2) is 6.54 Å². The molecule has 106 valence electrons. The summed E-state index contributed by atoms with van der Waals surface area (Å²) in [7, 11) is 0. The van der Waals surface area contributed by atoms with E-state index in [-0.39, 0.29) is 6.04 Å². The Bertz CT molecular complexity index is 493. The maximum absolute atomic E-state index is 6.12. The van der Waals surface area contributed by atoms with Crippen molar-refractivity contribution < 1.29 is 0 Å². The van der Waals surface area contributed by atoms with Gasteiger partial charge in [0.15, 0.2) is 0 Å². The molecule has 3 nitrogen and oxygen atoms in total. The van der Waals surface area contributed by atoms with Crippen molar-refractivity contribution in [2.75, 3.05) is 11.9 Å². The van der Waals surface area contributed by atoms with E-state index in [4.69, 9.17) is 11.5 Å². The fraction of sp³-hybridized carbons (Fsp3) is 0.294. The summed E-state index contributed by atoms with van der Waals surface area (Å²) in [5.41, 5.74) is 15.2. The highest BCUT2D eigenvalue weighted by atomic mass is 14.9. The van der Waals surface area contributed by atoms with E-state index in [9.17, 15) is 0 Å². The van der Waals surface area contributed by atoms with E-state index in [1.165, 1.54) is 11.1 Å². The van der Waals surface area contributed by atoms with Crippen molar-refractivity contribution >= 4 is 5.69 Å². The van der Waals surface area contributed by atoms with Crippen LogP contribution in [0.4, 0.5) is 5.69 Å². The molecule has 0 aliphatic heterocycles. The molecular weight excluding hydrogens is 246 g/mol. The molecule has 2 aromatic rings. The highest BCUT2D eigenvalue weighted by Gasteiger charge is 2.04. The number of nitrogens with two attached hydrogens (primary N) is 2. The molecule has 20 heavy (non-hydrogen) atoms. The molecule has 2 rings (SSSR count). The quantitative estimate of drug-likeness (QED) is 0.724. The van der Waals surface area contributed by atoms with Gasteiger partial charge in [0.05, 0.1) is 0 Å². The Morgan fingerprint density at radius 3 is 2.30 bits per heavy atom. The summed E-state index contributed by atoms with van der Waals surface area (Å²) in [5.74, 6) is 0. The Balaban J connectivity index is 1.88. The van der Waals surface area contributed by atoms with E-state index in [2.05, 4.69) is 53.8 Å². The average molecular weight is 269 g/mol. The number of hydrogen-bond donors (Lipinski definition) is 3. The van der Waals surface area contributed by atoms with Crippen LogP contribution in [0.1, 0.15) is 30.0 Å². The largest absolute Gasteiger partial charge is 0.381 e. The zero-order chi connectivity index (χ0) is 14.2. The molecule has 5 N–H and O–H groups in total. The summed E-state index contributed by atoms with van der Waals surface area (Å²) in [6.45, 7) is 1.53. The van der Waals surface area contributed by atoms with Gasteiger partial charge in [0, 0.05) is 18.3 Å². The zero-order valence-electron chi connectivity index (χ0n) is 11.8. The SMILES string of the molecule is NCCC[C@H](N)c1ccc(NCc2ccccc2)cc1. The lowest BCUT2D eigenvalue weighted by molar-refractivity contribution is 0.618. The highest BCUT2D eigenvalue weighted by Crippen LogP contribution is 2.18. The number of anilines is 1. The van der Waals surface area contributed by atoms with Gasteiger partial charge in [-0.15, -0.1) is 0 Å². The first-order chi connectivity index (χ1) is 9.79. The third-order valence-corrected chi connectivity index (χ3v) is 3.40. The maximum atomic E-state index is 6.12. The van der Waals surface area contributed by atoms with Gasteiger partial charge in [-0.1, -0.05) is 42.5 Å². The number of rotatable bonds is 7. The Hall–Kier alpha value is -1.84. The van der Waals surface area contributed by atoms with Gasteiger partial charge in [0.25, 0.3) is 0 Å². The van der Waals surface area contributed by atoms with Crippen LogP contribution in [0.15, 0.2) is 54.6 Å². The lowest BCUT2D eigenvalue weighted by Gasteiger charge is -2.13. The summed E-state index contributed by atoms with van der Waals surface area (Å²) >= 11 is 0. The smallest absolute Gasteiger partial charge is 0.0400 e. The second kappa shape index (κ2) is 7.68. The summed E-state index contributed by atoms with van der Waals surface area (Å²) in [6.07, 6.45) is 1.91. The molecule has 3 heteroatoms. The van der Waals surface area contributed by atoms with Crippen LogP contribution in [0.25, 0.3) is 0 Å². The molecule has 0 amide bonds. The normalized spacial score (nSPS) is 12.1. The molecule has 0 bridgehead atoms. The topological polar surface area (TPSA) is 64.1 Å². The monoisotopic (exact) mass is 269 g/mol. The molecule has 0 radical (unpaired) electrons. The van der Waals surface area contributed by atoms with Crippen molar-refractivity contribution in [3.8, 4) is 0 Å². The third kappa shape index (κ3) is 4.37. The Kier molecular flexibility index (Phi) is 5.59. The molecule has 0 aliphatic carbocycles. The molecule has 0 aliphatic rings. The van der Waals surface area contributed by atoms with Crippen LogP contribution in [0.2, 0.25) is 0 Å². The first-order valence-electron chi connectivity index (χ1n) is 7.13. The van der Waals surface area contributed by atoms with Gasteiger partial charge >= 0.3 is 0 Å². The highest BCUT2D eigenvalue weighted by molar-refractivity contribution is 5.45. The third-order valence-electron chi connectivity index (χ3n) is 3.40. The van der Waals surface area contributed by atoms with E-state index < -0.39 is 0 Å². The number of benzene rings is 2. The summed E-state index contributed by atoms with van der Waals surface area (Å²) in [4.78, 5) is 0. The molecule has 0 aromatic heterocycles. The van der Waals surface area contributed by atoms with E-state index in [1.54, 1.807) is 0 Å². The number of nitrogens with one attached hydrogen (secondary N) is 1. The van der Waals surface area contributed by atoms with Gasteiger partial charge in [-0.25, -0.2) is 0 Å². The second-order valence-corrected chi connectivity index (χ2v) is 5.00. The van der Waals surface area contributed by atoms with Gasteiger partial charge in [0.2, 0.25) is 0 Å². The zero-order valence-corrected chi connectivity index (χ0v) is 11.8. The van der Waals surface area contributed by atoms with Gasteiger partial charge in [0.1, 0.15) is 0 Å². The molecule has 0 fully saturated rings. The lowest BCUT2D eigenvalue weighted by atomic mass is 10.0. The molecule has 0 unspecified atom stereocenters. The van der Waals surface area contributed by atoms with Crippen molar-refractivity contribution in [2.45, 2.75) is 25.4 Å². The number of hydrogen-bond acceptors (Lipinski definition) is 3. The molecule has 0 saturated carbocycles. The summed E-state index contributed by atoms with van der Waals surface area (Å²) in [5, 5.41) is 3.41. The minimum absolute atomic E-state index is 0.0849. The van der Waals surface area contributed by atoms with Crippen molar-refractivity contribution in [2.24, 2.45) is 11.5 Å². The maximum Gasteiger partial charge on any atom is 0.0400 e. The summed E-state index contributed by atoms with van der Waals surface area (Å²) in [6, 6.07) is 18.8. The van der Waals surface area contributed by atoms with Gasteiger partial charge in [-0.2, -0.15) is 0 Å². The van der Waals surface area contributed by atoms with Gasteiger partial charge in [-0.05, 0) is 42.6 Å². The van der Waals surface area contributed by atoms with Crippen molar-refractivity contribution in [3.63, 3.8) is 0 Å². The van der Waals surface area contributed by atoms with Crippen molar-refractivity contribution in [1.82, 2.24) is 0 Å². The average Bonchev–Trinajstić information content (AvgIpc) is 2.52. The van der Waals surface area contributed by atoms with Gasteiger partial charge < -0.3 is 16.8 Å². The molecule has 0 heterocycles. The molecule has 0 spiro atoms. The molecule has 0 saturated heterocycles. The minimum Gasteiger partial charge on any atom is -0.381 e. The van der Waals surface area contributed by atoms with Crippen LogP contribution < -0.4 is 16.8 Å². The molecular formula is C17H23N3.